The lowest BCUT2D eigenvalue weighted by atomic mass is 10.0. The zero-order valence-electron chi connectivity index (χ0n) is 15.9. The lowest BCUT2D eigenvalue weighted by Crippen LogP contribution is -2.15. The highest BCUT2D eigenvalue weighted by Gasteiger charge is 2.15. The van der Waals surface area contributed by atoms with Gasteiger partial charge >= 0.3 is 5.97 Å². The van der Waals surface area contributed by atoms with Gasteiger partial charge in [-0.15, -0.1) is 0 Å². The number of rotatable bonds is 5. The maximum Gasteiger partial charge on any atom is 0.337 e. The number of halogens is 1. The first-order valence-electron chi connectivity index (χ1n) is 9.10. The number of carboxylic acid groups (broad SMARTS) is 1. The Bertz CT molecular complexity index is 1380. The molecule has 9 nitrogen and oxygen atoms in total. The van der Waals surface area contributed by atoms with Gasteiger partial charge < -0.3 is 21.1 Å². The van der Waals surface area contributed by atoms with Gasteiger partial charge in [-0.2, -0.15) is 4.98 Å². The van der Waals surface area contributed by atoms with Gasteiger partial charge in [0.2, 0.25) is 5.95 Å². The molecule has 0 aliphatic carbocycles. The van der Waals surface area contributed by atoms with E-state index in [9.17, 15) is 19.5 Å². The van der Waals surface area contributed by atoms with Crippen LogP contribution in [0.4, 0.5) is 11.6 Å². The standard InChI is InChI=1S/C21H16ClN5O4/c22-13-5-6-14(20(30)31)15(8-13)25-18(28)11-3-1-10(2-4-11)7-12-9-24-17-16(12)19(29)27-21(23)26-17/h1-6,8-9H,7H2,(H,25,28)(H,30,31)(H4,23,24,26,27,29). The highest BCUT2D eigenvalue weighted by molar-refractivity contribution is 6.31. The number of nitrogens with two attached hydrogens (primary N) is 1. The van der Waals surface area contributed by atoms with Crippen molar-refractivity contribution in [2.75, 3.05) is 11.1 Å². The number of nitrogen functional groups attached to an aromatic ring is 1. The van der Waals surface area contributed by atoms with Crippen LogP contribution in [0.3, 0.4) is 0 Å². The first-order chi connectivity index (χ1) is 14.8. The zero-order chi connectivity index (χ0) is 22.1. The number of nitrogens with zero attached hydrogens (tertiary/aromatic N) is 1. The minimum absolute atomic E-state index is 0.0343. The number of carbonyl (C=O) groups is 2. The maximum atomic E-state index is 12.6. The molecule has 6 N–H and O–H groups in total. The van der Waals surface area contributed by atoms with Crippen LogP contribution in [0.25, 0.3) is 11.0 Å². The summed E-state index contributed by atoms with van der Waals surface area (Å²) in [5.74, 6) is -1.61. The third-order valence-electron chi connectivity index (χ3n) is 4.71. The third kappa shape index (κ3) is 4.12. The van der Waals surface area contributed by atoms with E-state index in [1.165, 1.54) is 18.2 Å². The van der Waals surface area contributed by atoms with Crippen molar-refractivity contribution >= 4 is 46.1 Å². The summed E-state index contributed by atoms with van der Waals surface area (Å²) < 4.78 is 0. The van der Waals surface area contributed by atoms with Crippen LogP contribution in [-0.4, -0.2) is 31.9 Å². The van der Waals surface area contributed by atoms with Gasteiger partial charge in [0.1, 0.15) is 5.65 Å². The van der Waals surface area contributed by atoms with E-state index >= 15 is 0 Å². The molecule has 0 fully saturated rings. The summed E-state index contributed by atoms with van der Waals surface area (Å²) in [6.45, 7) is 0. The average molecular weight is 438 g/mol. The number of fused-ring (bicyclic) bond motifs is 1. The predicted molar refractivity (Wildman–Crippen MR) is 117 cm³/mol. The summed E-state index contributed by atoms with van der Waals surface area (Å²) in [6.07, 6.45) is 2.13. The van der Waals surface area contributed by atoms with Gasteiger partial charge in [0.15, 0.2) is 0 Å². The summed E-state index contributed by atoms with van der Waals surface area (Å²) in [5, 5.41) is 12.6. The van der Waals surface area contributed by atoms with Crippen molar-refractivity contribution in [3.63, 3.8) is 0 Å². The number of carbonyl (C=O) groups excluding carboxylic acids is 1. The number of hydrogen-bond donors (Lipinski definition) is 5. The zero-order valence-corrected chi connectivity index (χ0v) is 16.7. The molecule has 31 heavy (non-hydrogen) atoms. The minimum Gasteiger partial charge on any atom is -0.478 e. The second-order valence-corrected chi connectivity index (χ2v) is 7.25. The lowest BCUT2D eigenvalue weighted by molar-refractivity contribution is 0.0698. The Labute approximate surface area is 179 Å². The van der Waals surface area contributed by atoms with Crippen LogP contribution >= 0.6 is 11.6 Å². The molecule has 10 heteroatoms. The van der Waals surface area contributed by atoms with Crippen LogP contribution in [-0.2, 0) is 6.42 Å². The first kappa shape index (κ1) is 20.2. The van der Waals surface area contributed by atoms with Gasteiger partial charge in [-0.1, -0.05) is 23.7 Å². The first-order valence-corrected chi connectivity index (χ1v) is 9.48. The van der Waals surface area contributed by atoms with Crippen LogP contribution in [0.2, 0.25) is 5.02 Å². The van der Waals surface area contributed by atoms with Gasteiger partial charge in [0.25, 0.3) is 11.5 Å². The van der Waals surface area contributed by atoms with Gasteiger partial charge in [-0.3, -0.25) is 14.6 Å². The number of aromatic carboxylic acids is 1. The number of aromatic nitrogens is 3. The molecule has 4 aromatic rings. The fraction of sp³-hybridized carbons (Fsp3) is 0.0476. The molecule has 0 aliphatic heterocycles. The summed E-state index contributed by atoms with van der Waals surface area (Å²) in [5.41, 5.74) is 7.63. The SMILES string of the molecule is Nc1nc2[nH]cc(Cc3ccc(C(=O)Nc4cc(Cl)ccc4C(=O)O)cc3)c2c(=O)[nH]1. The van der Waals surface area contributed by atoms with E-state index in [2.05, 4.69) is 20.3 Å². The van der Waals surface area contributed by atoms with E-state index in [-0.39, 0.29) is 22.8 Å². The number of benzene rings is 2. The molecule has 0 bridgehead atoms. The van der Waals surface area contributed by atoms with Crippen molar-refractivity contribution in [1.82, 2.24) is 15.0 Å². The Morgan fingerprint density at radius 1 is 1.16 bits per heavy atom. The van der Waals surface area contributed by atoms with Crippen LogP contribution in [0, 0.1) is 0 Å². The number of aromatic amines is 2. The smallest absolute Gasteiger partial charge is 0.337 e. The van der Waals surface area contributed by atoms with Gasteiger partial charge in [-0.25, -0.2) is 4.79 Å². The van der Waals surface area contributed by atoms with Crippen molar-refractivity contribution in [2.45, 2.75) is 6.42 Å². The van der Waals surface area contributed by atoms with E-state index in [4.69, 9.17) is 17.3 Å². The van der Waals surface area contributed by atoms with E-state index in [1.807, 2.05) is 0 Å². The average Bonchev–Trinajstić information content (AvgIpc) is 3.11. The Hall–Kier alpha value is -4.11. The van der Waals surface area contributed by atoms with E-state index in [1.54, 1.807) is 30.5 Å². The molecule has 0 aliphatic rings. The molecule has 2 heterocycles. The lowest BCUT2D eigenvalue weighted by Gasteiger charge is -2.09. The number of H-pyrrole nitrogens is 2. The molecule has 156 valence electrons. The number of nitrogens with one attached hydrogen (secondary N) is 3. The van der Waals surface area contributed by atoms with Crippen molar-refractivity contribution in [2.24, 2.45) is 0 Å². The predicted octanol–water partition coefficient (Wildman–Crippen LogP) is 3.03. The third-order valence-corrected chi connectivity index (χ3v) is 4.95. The van der Waals surface area contributed by atoms with Crippen LogP contribution in [0.5, 0.6) is 0 Å². The van der Waals surface area contributed by atoms with Crippen LogP contribution in [0.1, 0.15) is 31.8 Å². The molecule has 0 spiro atoms. The van der Waals surface area contributed by atoms with Gasteiger partial charge in [-0.05, 0) is 47.9 Å². The van der Waals surface area contributed by atoms with Crippen molar-refractivity contribution < 1.29 is 14.7 Å². The fourth-order valence-electron chi connectivity index (χ4n) is 3.25. The van der Waals surface area contributed by atoms with Crippen molar-refractivity contribution in [1.29, 1.82) is 0 Å². The van der Waals surface area contributed by atoms with Crippen molar-refractivity contribution in [3.05, 3.63) is 86.3 Å². The Morgan fingerprint density at radius 2 is 1.90 bits per heavy atom. The summed E-state index contributed by atoms with van der Waals surface area (Å²) in [4.78, 5) is 45.6. The van der Waals surface area contributed by atoms with Gasteiger partial charge in [0.05, 0.1) is 16.6 Å². The highest BCUT2D eigenvalue weighted by Crippen LogP contribution is 2.22. The highest BCUT2D eigenvalue weighted by atomic mass is 35.5. The molecular formula is C21H16ClN5O4. The number of carboxylic acids is 1. The molecule has 0 saturated heterocycles. The molecule has 0 saturated carbocycles. The molecule has 1 amide bonds. The monoisotopic (exact) mass is 437 g/mol. The second-order valence-electron chi connectivity index (χ2n) is 6.81. The van der Waals surface area contributed by atoms with Crippen LogP contribution < -0.4 is 16.6 Å². The summed E-state index contributed by atoms with van der Waals surface area (Å²) in [7, 11) is 0. The molecule has 0 atom stereocenters. The fourth-order valence-corrected chi connectivity index (χ4v) is 3.43. The Kier molecular flexibility index (Phi) is 5.18. The number of hydrogen-bond acceptors (Lipinski definition) is 5. The van der Waals surface area contributed by atoms with Crippen molar-refractivity contribution in [3.8, 4) is 0 Å². The van der Waals surface area contributed by atoms with E-state index in [0.29, 0.717) is 28.0 Å². The number of anilines is 2. The minimum atomic E-state index is -1.17. The molecule has 0 radical (unpaired) electrons. The largest absolute Gasteiger partial charge is 0.478 e. The maximum absolute atomic E-state index is 12.6. The normalized spacial score (nSPS) is 10.9. The summed E-state index contributed by atoms with van der Waals surface area (Å²) >= 11 is 5.92. The Balaban J connectivity index is 1.54. The number of amides is 1. The van der Waals surface area contributed by atoms with Gasteiger partial charge in [0, 0.05) is 16.8 Å². The molecular weight excluding hydrogens is 422 g/mol. The molecule has 0 unspecified atom stereocenters. The second kappa shape index (κ2) is 7.96. The summed E-state index contributed by atoms with van der Waals surface area (Å²) in [6, 6.07) is 10.9. The molecule has 4 rings (SSSR count). The van der Waals surface area contributed by atoms with E-state index < -0.39 is 11.9 Å². The van der Waals surface area contributed by atoms with Crippen LogP contribution in [0.15, 0.2) is 53.5 Å². The molecule has 2 aromatic carbocycles. The molecule has 2 aromatic heterocycles. The topological polar surface area (TPSA) is 154 Å². The van der Waals surface area contributed by atoms with E-state index in [0.717, 1.165) is 11.1 Å². The Morgan fingerprint density at radius 3 is 2.61 bits per heavy atom. The quantitative estimate of drug-likeness (QED) is 0.323.